The summed E-state index contributed by atoms with van der Waals surface area (Å²) in [6.45, 7) is 3.83. The summed E-state index contributed by atoms with van der Waals surface area (Å²) < 4.78 is 32.0. The van der Waals surface area contributed by atoms with Crippen molar-refractivity contribution in [3.63, 3.8) is 0 Å². The average Bonchev–Trinajstić information content (AvgIpc) is 2.93. The molecule has 3 aromatic rings. The number of hydrogen-bond acceptors (Lipinski definition) is 5. The van der Waals surface area contributed by atoms with Gasteiger partial charge in [0.1, 0.15) is 11.8 Å². The smallest absolute Gasteiger partial charge is 0.243 e. The van der Waals surface area contributed by atoms with Gasteiger partial charge in [0.05, 0.1) is 19.1 Å². The van der Waals surface area contributed by atoms with E-state index in [-0.39, 0.29) is 50.2 Å². The third kappa shape index (κ3) is 9.37. The molecule has 1 N–H and O–H groups in total. The Hall–Kier alpha value is -3.27. The first-order chi connectivity index (χ1) is 19.9. The summed E-state index contributed by atoms with van der Waals surface area (Å²) in [5.41, 5.74) is 1.91. The van der Waals surface area contributed by atoms with Gasteiger partial charge in [-0.15, -0.1) is 0 Å². The maximum Gasteiger partial charge on any atom is 0.243 e. The summed E-state index contributed by atoms with van der Waals surface area (Å²) >= 11 is 12.6. The Morgan fingerprint density at radius 3 is 2.26 bits per heavy atom. The number of carbonyl (C=O) groups is 2. The van der Waals surface area contributed by atoms with Gasteiger partial charge in [-0.1, -0.05) is 71.7 Å². The van der Waals surface area contributed by atoms with Crippen molar-refractivity contribution in [2.75, 3.05) is 24.2 Å². The van der Waals surface area contributed by atoms with Crippen LogP contribution in [-0.2, 0) is 32.6 Å². The lowest BCUT2D eigenvalue weighted by atomic mass is 10.0. The number of anilines is 1. The average molecular weight is 635 g/mol. The fourth-order valence-electron chi connectivity index (χ4n) is 4.59. The molecule has 42 heavy (non-hydrogen) atoms. The Morgan fingerprint density at radius 2 is 1.64 bits per heavy atom. The molecular formula is C31H37Cl2N3O5S. The number of nitrogens with one attached hydrogen (secondary N) is 1. The van der Waals surface area contributed by atoms with Crippen molar-refractivity contribution in [2.24, 2.45) is 0 Å². The number of amides is 2. The standard InChI is InChI=1S/C31H37Cl2N3O5S/c1-22(2)34-31(38)28(19-23-11-6-5-7-12-23)35(21-24-16-17-25(32)20-26(24)33)30(37)15-10-18-36(42(4,39)40)27-13-8-9-14-29(27)41-3/h5-9,11-14,16-17,20,22,28H,10,15,18-19,21H2,1-4H3,(H,34,38)/t28-/m0/s1. The van der Waals surface area contributed by atoms with E-state index in [9.17, 15) is 18.0 Å². The number of halogens is 2. The summed E-state index contributed by atoms with van der Waals surface area (Å²) in [6.07, 6.45) is 1.60. The number of benzene rings is 3. The van der Waals surface area contributed by atoms with Crippen molar-refractivity contribution in [1.82, 2.24) is 10.2 Å². The molecule has 0 aliphatic heterocycles. The SMILES string of the molecule is COc1ccccc1N(CCCC(=O)N(Cc1ccc(Cl)cc1Cl)[C@@H](Cc1ccccc1)C(=O)NC(C)C)S(C)(=O)=O. The molecule has 0 unspecified atom stereocenters. The number of rotatable bonds is 14. The number of carbonyl (C=O) groups excluding carboxylic acids is 2. The van der Waals surface area contributed by atoms with Gasteiger partial charge in [0.15, 0.2) is 0 Å². The molecule has 0 radical (unpaired) electrons. The fourth-order valence-corrected chi connectivity index (χ4v) is 6.02. The lowest BCUT2D eigenvalue weighted by Crippen LogP contribution is -2.51. The largest absolute Gasteiger partial charge is 0.495 e. The molecule has 0 aliphatic carbocycles. The maximum absolute atomic E-state index is 13.9. The van der Waals surface area contributed by atoms with Gasteiger partial charge in [0, 0.05) is 42.0 Å². The van der Waals surface area contributed by atoms with E-state index < -0.39 is 16.1 Å². The van der Waals surface area contributed by atoms with Crippen LogP contribution in [0.15, 0.2) is 72.8 Å². The Kier molecular flexibility index (Phi) is 12.1. The summed E-state index contributed by atoms with van der Waals surface area (Å²) in [5, 5.41) is 3.78. The molecule has 0 aliphatic rings. The van der Waals surface area contributed by atoms with E-state index in [4.69, 9.17) is 27.9 Å². The van der Waals surface area contributed by atoms with Crippen molar-refractivity contribution in [1.29, 1.82) is 0 Å². The lowest BCUT2D eigenvalue weighted by molar-refractivity contribution is -0.141. The second kappa shape index (κ2) is 15.3. The number of ether oxygens (including phenoxy) is 1. The van der Waals surface area contributed by atoms with Crippen LogP contribution < -0.4 is 14.4 Å². The molecule has 2 amide bonds. The van der Waals surface area contributed by atoms with E-state index in [2.05, 4.69) is 5.32 Å². The van der Waals surface area contributed by atoms with Crippen LogP contribution in [0.3, 0.4) is 0 Å². The number of methoxy groups -OCH3 is 1. The minimum Gasteiger partial charge on any atom is -0.495 e. The number of para-hydroxylation sites is 2. The van der Waals surface area contributed by atoms with Crippen LogP contribution in [0.5, 0.6) is 5.75 Å². The third-order valence-electron chi connectivity index (χ3n) is 6.56. The van der Waals surface area contributed by atoms with Crippen molar-refractivity contribution >= 4 is 50.7 Å². The highest BCUT2D eigenvalue weighted by Gasteiger charge is 2.31. The van der Waals surface area contributed by atoms with Crippen LogP contribution in [-0.4, -0.2) is 57.1 Å². The van der Waals surface area contributed by atoms with Crippen LogP contribution >= 0.6 is 23.2 Å². The predicted octanol–water partition coefficient (Wildman–Crippen LogP) is 5.71. The van der Waals surface area contributed by atoms with Gasteiger partial charge in [-0.2, -0.15) is 0 Å². The Bertz CT molecular complexity index is 1470. The van der Waals surface area contributed by atoms with E-state index in [1.165, 1.54) is 16.3 Å². The van der Waals surface area contributed by atoms with E-state index in [0.29, 0.717) is 27.0 Å². The van der Waals surface area contributed by atoms with Crippen LogP contribution in [0.25, 0.3) is 0 Å². The molecule has 0 saturated heterocycles. The third-order valence-corrected chi connectivity index (χ3v) is 8.33. The lowest BCUT2D eigenvalue weighted by Gasteiger charge is -2.32. The van der Waals surface area contributed by atoms with E-state index in [1.807, 2.05) is 44.2 Å². The van der Waals surface area contributed by atoms with Gasteiger partial charge >= 0.3 is 0 Å². The van der Waals surface area contributed by atoms with Crippen LogP contribution in [0.4, 0.5) is 5.69 Å². The minimum atomic E-state index is -3.68. The van der Waals surface area contributed by atoms with E-state index in [0.717, 1.165) is 11.8 Å². The Balaban J connectivity index is 1.92. The van der Waals surface area contributed by atoms with Gasteiger partial charge in [-0.05, 0) is 55.7 Å². The molecule has 0 saturated carbocycles. The molecule has 1 atom stereocenters. The maximum atomic E-state index is 13.9. The second-order valence-corrected chi connectivity index (χ2v) is 13.0. The number of nitrogens with zero attached hydrogens (tertiary/aromatic N) is 2. The second-order valence-electron chi connectivity index (χ2n) is 10.2. The quantitative estimate of drug-likeness (QED) is 0.245. The molecule has 226 valence electrons. The zero-order chi connectivity index (χ0) is 30.9. The van der Waals surface area contributed by atoms with Crippen molar-refractivity contribution in [2.45, 2.75) is 51.7 Å². The molecule has 11 heteroatoms. The highest BCUT2D eigenvalue weighted by atomic mass is 35.5. The van der Waals surface area contributed by atoms with Gasteiger partial charge in [-0.3, -0.25) is 13.9 Å². The van der Waals surface area contributed by atoms with Gasteiger partial charge in [0.25, 0.3) is 0 Å². The summed E-state index contributed by atoms with van der Waals surface area (Å²) in [5.74, 6) is -0.199. The normalized spacial score (nSPS) is 12.1. The first-order valence-electron chi connectivity index (χ1n) is 13.6. The highest BCUT2D eigenvalue weighted by molar-refractivity contribution is 7.92. The number of hydrogen-bond donors (Lipinski definition) is 1. The minimum absolute atomic E-state index is 0.00732. The molecule has 0 aromatic heterocycles. The molecule has 0 fully saturated rings. The molecule has 0 bridgehead atoms. The molecule has 0 spiro atoms. The monoisotopic (exact) mass is 633 g/mol. The molecule has 3 aromatic carbocycles. The summed E-state index contributed by atoms with van der Waals surface area (Å²) in [7, 11) is -2.21. The highest BCUT2D eigenvalue weighted by Crippen LogP contribution is 2.30. The summed E-state index contributed by atoms with van der Waals surface area (Å²) in [4.78, 5) is 29.0. The zero-order valence-corrected chi connectivity index (χ0v) is 26.5. The Morgan fingerprint density at radius 1 is 0.976 bits per heavy atom. The van der Waals surface area contributed by atoms with Crippen LogP contribution in [0.2, 0.25) is 10.0 Å². The molecule has 0 heterocycles. The van der Waals surface area contributed by atoms with Crippen molar-refractivity contribution < 1.29 is 22.7 Å². The van der Waals surface area contributed by atoms with Crippen LogP contribution in [0.1, 0.15) is 37.8 Å². The van der Waals surface area contributed by atoms with Crippen LogP contribution in [0, 0.1) is 0 Å². The first kappa shape index (κ1) is 33.2. The predicted molar refractivity (Wildman–Crippen MR) is 169 cm³/mol. The molecule has 3 rings (SSSR count). The van der Waals surface area contributed by atoms with Gasteiger partial charge < -0.3 is 15.0 Å². The summed E-state index contributed by atoms with van der Waals surface area (Å²) in [6, 6.07) is 20.3. The first-order valence-corrected chi connectivity index (χ1v) is 16.2. The molecular weight excluding hydrogens is 597 g/mol. The Labute approximate surface area is 258 Å². The molecule has 8 nitrogen and oxygen atoms in total. The zero-order valence-electron chi connectivity index (χ0n) is 24.2. The fraction of sp³-hybridized carbons (Fsp3) is 0.355. The van der Waals surface area contributed by atoms with E-state index in [1.54, 1.807) is 42.5 Å². The van der Waals surface area contributed by atoms with E-state index >= 15 is 0 Å². The van der Waals surface area contributed by atoms with Crippen molar-refractivity contribution in [3.05, 3.63) is 94.0 Å². The van der Waals surface area contributed by atoms with Crippen molar-refractivity contribution in [3.8, 4) is 5.75 Å². The number of sulfonamides is 1. The van der Waals surface area contributed by atoms with Gasteiger partial charge in [-0.25, -0.2) is 8.42 Å². The topological polar surface area (TPSA) is 96.0 Å². The van der Waals surface area contributed by atoms with Gasteiger partial charge in [0.2, 0.25) is 21.8 Å².